The van der Waals surface area contributed by atoms with Gasteiger partial charge in [0.1, 0.15) is 0 Å². The molecule has 1 unspecified atom stereocenters. The van der Waals surface area contributed by atoms with Gasteiger partial charge in [-0.15, -0.1) is 0 Å². The van der Waals surface area contributed by atoms with Crippen LogP contribution in [0.4, 0.5) is 4.39 Å². The second-order valence-electron chi connectivity index (χ2n) is 4.64. The number of methoxy groups -OCH3 is 1. The second-order valence-corrected chi connectivity index (χ2v) is 5.50. The SMILES string of the molecule is COc1ccc(CC(O)c2cccc(Br)c2C)cc1F. The van der Waals surface area contributed by atoms with Crippen LogP contribution in [-0.4, -0.2) is 12.2 Å². The Morgan fingerprint density at radius 3 is 2.70 bits per heavy atom. The van der Waals surface area contributed by atoms with E-state index >= 15 is 0 Å². The van der Waals surface area contributed by atoms with E-state index < -0.39 is 11.9 Å². The maximum absolute atomic E-state index is 13.6. The highest BCUT2D eigenvalue weighted by atomic mass is 79.9. The lowest BCUT2D eigenvalue weighted by Gasteiger charge is -2.15. The van der Waals surface area contributed by atoms with E-state index in [4.69, 9.17) is 4.74 Å². The summed E-state index contributed by atoms with van der Waals surface area (Å²) in [6, 6.07) is 10.4. The molecule has 2 rings (SSSR count). The fourth-order valence-electron chi connectivity index (χ4n) is 2.16. The fourth-order valence-corrected chi connectivity index (χ4v) is 2.54. The molecular weight excluding hydrogens is 323 g/mol. The topological polar surface area (TPSA) is 29.5 Å². The number of aliphatic hydroxyl groups is 1. The number of rotatable bonds is 4. The molecule has 0 fully saturated rings. The molecule has 106 valence electrons. The Bertz CT molecular complexity index is 613. The van der Waals surface area contributed by atoms with Crippen LogP contribution in [-0.2, 0) is 6.42 Å². The smallest absolute Gasteiger partial charge is 0.165 e. The highest BCUT2D eigenvalue weighted by Gasteiger charge is 2.14. The molecule has 0 aliphatic carbocycles. The van der Waals surface area contributed by atoms with Crippen molar-refractivity contribution in [2.24, 2.45) is 0 Å². The zero-order chi connectivity index (χ0) is 14.7. The van der Waals surface area contributed by atoms with Crippen LogP contribution in [0.1, 0.15) is 22.8 Å². The summed E-state index contributed by atoms with van der Waals surface area (Å²) >= 11 is 3.44. The van der Waals surface area contributed by atoms with Gasteiger partial charge in [-0.1, -0.05) is 34.1 Å². The maximum atomic E-state index is 13.6. The Morgan fingerprint density at radius 2 is 2.05 bits per heavy atom. The summed E-state index contributed by atoms with van der Waals surface area (Å²) in [4.78, 5) is 0. The molecule has 0 radical (unpaired) electrons. The van der Waals surface area contributed by atoms with Crippen molar-refractivity contribution in [3.8, 4) is 5.75 Å². The molecule has 0 amide bonds. The molecule has 0 aromatic heterocycles. The first-order valence-corrected chi connectivity index (χ1v) is 7.07. The molecule has 0 aliphatic rings. The molecule has 0 bridgehead atoms. The predicted molar refractivity (Wildman–Crippen MR) is 80.5 cm³/mol. The van der Waals surface area contributed by atoms with Gasteiger partial charge in [0.2, 0.25) is 0 Å². The second kappa shape index (κ2) is 6.37. The molecule has 20 heavy (non-hydrogen) atoms. The van der Waals surface area contributed by atoms with Crippen LogP contribution in [0.25, 0.3) is 0 Å². The van der Waals surface area contributed by atoms with Crippen molar-refractivity contribution in [2.75, 3.05) is 7.11 Å². The summed E-state index contributed by atoms with van der Waals surface area (Å²) in [5, 5.41) is 10.3. The number of hydrogen-bond donors (Lipinski definition) is 1. The van der Waals surface area contributed by atoms with Crippen molar-refractivity contribution in [1.82, 2.24) is 0 Å². The van der Waals surface area contributed by atoms with Gasteiger partial charge in [0.15, 0.2) is 11.6 Å². The van der Waals surface area contributed by atoms with Gasteiger partial charge in [-0.05, 0) is 41.8 Å². The summed E-state index contributed by atoms with van der Waals surface area (Å²) < 4.78 is 19.5. The highest BCUT2D eigenvalue weighted by Crippen LogP contribution is 2.28. The molecule has 0 aliphatic heterocycles. The van der Waals surface area contributed by atoms with Crippen molar-refractivity contribution in [3.05, 3.63) is 63.4 Å². The minimum atomic E-state index is -0.666. The largest absolute Gasteiger partial charge is 0.494 e. The van der Waals surface area contributed by atoms with E-state index in [1.54, 1.807) is 12.1 Å². The van der Waals surface area contributed by atoms with Gasteiger partial charge < -0.3 is 9.84 Å². The number of ether oxygens (including phenoxy) is 1. The van der Waals surface area contributed by atoms with Crippen LogP contribution in [0.5, 0.6) is 5.75 Å². The summed E-state index contributed by atoms with van der Waals surface area (Å²) in [5.74, 6) is -0.204. The number of aliphatic hydroxyl groups excluding tert-OH is 1. The summed E-state index contributed by atoms with van der Waals surface area (Å²) in [6.07, 6.45) is -0.307. The third-order valence-corrected chi connectivity index (χ3v) is 4.17. The molecule has 4 heteroatoms. The molecule has 2 aromatic rings. The Labute approximate surface area is 126 Å². The summed E-state index contributed by atoms with van der Waals surface area (Å²) in [7, 11) is 1.43. The normalized spacial score (nSPS) is 12.2. The van der Waals surface area contributed by atoms with Gasteiger partial charge in [0.25, 0.3) is 0 Å². The number of benzene rings is 2. The molecule has 0 heterocycles. The van der Waals surface area contributed by atoms with E-state index in [1.165, 1.54) is 13.2 Å². The van der Waals surface area contributed by atoms with Crippen molar-refractivity contribution in [2.45, 2.75) is 19.4 Å². The standard InChI is InChI=1S/C16H16BrFO2/c1-10-12(4-3-5-13(10)17)15(19)9-11-6-7-16(20-2)14(18)8-11/h3-8,15,19H,9H2,1-2H3. The number of hydrogen-bond acceptors (Lipinski definition) is 2. The Balaban J connectivity index is 2.21. The summed E-state index contributed by atoms with van der Waals surface area (Å²) in [6.45, 7) is 1.94. The molecule has 1 N–H and O–H groups in total. The van der Waals surface area contributed by atoms with Crippen LogP contribution in [0.15, 0.2) is 40.9 Å². The Kier molecular flexibility index (Phi) is 4.78. The molecule has 1 atom stereocenters. The van der Waals surface area contributed by atoms with E-state index in [1.807, 2.05) is 25.1 Å². The number of halogens is 2. The first-order chi connectivity index (χ1) is 9.52. The molecular formula is C16H16BrFO2. The van der Waals surface area contributed by atoms with Crippen molar-refractivity contribution in [3.63, 3.8) is 0 Å². The highest BCUT2D eigenvalue weighted by molar-refractivity contribution is 9.10. The van der Waals surface area contributed by atoms with Gasteiger partial charge in [0.05, 0.1) is 13.2 Å². The predicted octanol–water partition coefficient (Wildman–Crippen LogP) is 4.18. The fraction of sp³-hybridized carbons (Fsp3) is 0.250. The molecule has 0 spiro atoms. The Morgan fingerprint density at radius 1 is 1.30 bits per heavy atom. The van der Waals surface area contributed by atoms with Gasteiger partial charge in [-0.2, -0.15) is 0 Å². The van der Waals surface area contributed by atoms with Crippen LogP contribution in [0, 0.1) is 12.7 Å². The third kappa shape index (κ3) is 3.19. The van der Waals surface area contributed by atoms with E-state index in [2.05, 4.69) is 15.9 Å². The van der Waals surface area contributed by atoms with Crippen molar-refractivity contribution in [1.29, 1.82) is 0 Å². The Hall–Kier alpha value is -1.39. The van der Waals surface area contributed by atoms with E-state index in [-0.39, 0.29) is 5.75 Å². The van der Waals surface area contributed by atoms with Crippen molar-refractivity contribution < 1.29 is 14.2 Å². The molecule has 2 nitrogen and oxygen atoms in total. The van der Waals surface area contributed by atoms with Gasteiger partial charge in [-0.25, -0.2) is 4.39 Å². The minimum absolute atomic E-state index is 0.210. The van der Waals surface area contributed by atoms with E-state index in [9.17, 15) is 9.50 Å². The van der Waals surface area contributed by atoms with E-state index in [0.717, 1.165) is 21.2 Å². The van der Waals surface area contributed by atoms with Gasteiger partial charge in [-0.3, -0.25) is 0 Å². The first-order valence-electron chi connectivity index (χ1n) is 6.28. The zero-order valence-corrected chi connectivity index (χ0v) is 12.9. The quantitative estimate of drug-likeness (QED) is 0.905. The molecule has 2 aromatic carbocycles. The maximum Gasteiger partial charge on any atom is 0.165 e. The van der Waals surface area contributed by atoms with Gasteiger partial charge >= 0.3 is 0 Å². The third-order valence-electron chi connectivity index (χ3n) is 3.31. The molecule has 0 saturated carbocycles. The lowest BCUT2D eigenvalue weighted by Crippen LogP contribution is -2.04. The first kappa shape index (κ1) is 15.0. The average Bonchev–Trinajstić information content (AvgIpc) is 2.42. The van der Waals surface area contributed by atoms with Crippen molar-refractivity contribution >= 4 is 15.9 Å². The minimum Gasteiger partial charge on any atom is -0.494 e. The van der Waals surface area contributed by atoms with E-state index in [0.29, 0.717) is 6.42 Å². The average molecular weight is 339 g/mol. The zero-order valence-electron chi connectivity index (χ0n) is 11.4. The van der Waals surface area contributed by atoms with Gasteiger partial charge in [0, 0.05) is 10.9 Å². The van der Waals surface area contributed by atoms with Crippen LogP contribution < -0.4 is 4.74 Å². The summed E-state index contributed by atoms with van der Waals surface area (Å²) in [5.41, 5.74) is 2.57. The monoisotopic (exact) mass is 338 g/mol. The van der Waals surface area contributed by atoms with Crippen LogP contribution in [0.2, 0.25) is 0 Å². The lowest BCUT2D eigenvalue weighted by molar-refractivity contribution is 0.177. The lowest BCUT2D eigenvalue weighted by atomic mass is 9.98. The van der Waals surface area contributed by atoms with Crippen LogP contribution >= 0.6 is 15.9 Å². The van der Waals surface area contributed by atoms with Crippen LogP contribution in [0.3, 0.4) is 0 Å². The molecule has 0 saturated heterocycles.